The highest BCUT2D eigenvalue weighted by Gasteiger charge is 2.28. The maximum atomic E-state index is 10.3. The highest BCUT2D eigenvalue weighted by atomic mass is 35.5. The molecule has 148 valence electrons. The van der Waals surface area contributed by atoms with Gasteiger partial charge in [0.25, 0.3) is 0 Å². The van der Waals surface area contributed by atoms with E-state index in [0.29, 0.717) is 11.4 Å². The van der Waals surface area contributed by atoms with Crippen LogP contribution in [0.3, 0.4) is 0 Å². The number of rotatable bonds is 3. The highest BCUT2D eigenvalue weighted by molar-refractivity contribution is 5.91. The number of benzene rings is 2. The molecule has 0 saturated heterocycles. The van der Waals surface area contributed by atoms with Crippen molar-refractivity contribution < 1.29 is 9.84 Å². The van der Waals surface area contributed by atoms with Crippen molar-refractivity contribution in [3.05, 3.63) is 60.0 Å². The van der Waals surface area contributed by atoms with Crippen LogP contribution in [-0.4, -0.2) is 32.0 Å². The minimum atomic E-state index is 0. The summed E-state index contributed by atoms with van der Waals surface area (Å²) in [5.41, 5.74) is 11.8. The van der Waals surface area contributed by atoms with Crippen molar-refractivity contribution in [3.63, 3.8) is 0 Å². The maximum absolute atomic E-state index is 10.3. The van der Waals surface area contributed by atoms with E-state index in [-0.39, 0.29) is 24.2 Å². The molecule has 0 fully saturated rings. The highest BCUT2D eigenvalue weighted by Crippen LogP contribution is 2.39. The van der Waals surface area contributed by atoms with Crippen molar-refractivity contribution in [2.45, 2.75) is 18.9 Å². The average molecular weight is 410 g/mol. The summed E-state index contributed by atoms with van der Waals surface area (Å²) in [4.78, 5) is 8.50. The lowest BCUT2D eigenvalue weighted by molar-refractivity contribution is 0.373. The molecule has 8 heteroatoms. The first-order valence-corrected chi connectivity index (χ1v) is 9.07. The fourth-order valence-electron chi connectivity index (χ4n) is 4.06. The number of anilines is 1. The van der Waals surface area contributed by atoms with Gasteiger partial charge in [0, 0.05) is 17.4 Å². The Hall–Kier alpha value is -3.32. The molecule has 1 unspecified atom stereocenters. The number of methoxy groups -OCH3 is 1. The largest absolute Gasteiger partial charge is 0.504 e. The van der Waals surface area contributed by atoms with E-state index in [0.717, 1.165) is 35.2 Å². The van der Waals surface area contributed by atoms with Gasteiger partial charge in [-0.05, 0) is 48.2 Å². The van der Waals surface area contributed by atoms with Crippen LogP contribution in [0.2, 0.25) is 0 Å². The normalized spacial score (nSPS) is 15.1. The summed E-state index contributed by atoms with van der Waals surface area (Å²) in [6.45, 7) is 0. The molecular weight excluding hydrogens is 390 g/mol. The lowest BCUT2D eigenvalue weighted by atomic mass is 10.1. The second kappa shape index (κ2) is 7.25. The van der Waals surface area contributed by atoms with E-state index in [1.54, 1.807) is 18.3 Å². The predicted molar refractivity (Wildman–Crippen MR) is 114 cm³/mol. The number of fused-ring (bicyclic) bond motifs is 2. The van der Waals surface area contributed by atoms with Crippen molar-refractivity contribution in [2.75, 3.05) is 12.8 Å². The number of phenolic OH excluding ortho intramolecular Hbond substituents is 1. The fraction of sp³-hybridized carbons (Fsp3) is 0.190. The SMILES string of the molecule is COc1ccc(-c2c3cncnc3nn2C2Cc3cccc(N)c3C2)cc1O.Cl. The topological polar surface area (TPSA) is 99.1 Å². The number of hydrogen-bond donors (Lipinski definition) is 2. The predicted octanol–water partition coefficient (Wildman–Crippen LogP) is 3.55. The number of ether oxygens (including phenoxy) is 1. The van der Waals surface area contributed by atoms with Crippen molar-refractivity contribution in [1.29, 1.82) is 0 Å². The average Bonchev–Trinajstić information content (AvgIpc) is 3.30. The summed E-state index contributed by atoms with van der Waals surface area (Å²) in [5.74, 6) is 0.508. The maximum Gasteiger partial charge on any atom is 0.184 e. The Bertz CT molecular complexity index is 1210. The zero-order chi connectivity index (χ0) is 19.3. The Labute approximate surface area is 173 Å². The van der Waals surface area contributed by atoms with Crippen LogP contribution in [0.4, 0.5) is 5.69 Å². The van der Waals surface area contributed by atoms with Crippen LogP contribution in [0, 0.1) is 0 Å². The van der Waals surface area contributed by atoms with Gasteiger partial charge in [0.2, 0.25) is 0 Å². The first kappa shape index (κ1) is 19.0. The van der Waals surface area contributed by atoms with Gasteiger partial charge >= 0.3 is 0 Å². The van der Waals surface area contributed by atoms with Crippen molar-refractivity contribution in [3.8, 4) is 22.8 Å². The third kappa shape index (κ3) is 3.03. The quantitative estimate of drug-likeness (QED) is 0.502. The van der Waals surface area contributed by atoms with E-state index in [1.807, 2.05) is 22.9 Å². The summed E-state index contributed by atoms with van der Waals surface area (Å²) in [7, 11) is 1.53. The molecule has 29 heavy (non-hydrogen) atoms. The lowest BCUT2D eigenvalue weighted by Crippen LogP contribution is -2.12. The molecule has 2 aromatic carbocycles. The monoisotopic (exact) mass is 409 g/mol. The number of halogens is 1. The van der Waals surface area contributed by atoms with E-state index in [4.69, 9.17) is 15.6 Å². The van der Waals surface area contributed by atoms with Gasteiger partial charge < -0.3 is 15.6 Å². The molecule has 0 amide bonds. The van der Waals surface area contributed by atoms with Gasteiger partial charge in [0.05, 0.1) is 24.2 Å². The fourth-order valence-corrected chi connectivity index (χ4v) is 4.06. The first-order chi connectivity index (χ1) is 13.7. The minimum absolute atomic E-state index is 0. The van der Waals surface area contributed by atoms with E-state index >= 15 is 0 Å². The standard InChI is InChI=1S/C21H19N5O2.ClH/c1-28-19-6-5-13(8-18(19)27)20-16-10-23-11-24-21(16)25-26(20)14-7-12-3-2-4-17(22)15(12)9-14;/h2-6,8,10-11,14,27H,7,9,22H2,1H3;1H. The van der Waals surface area contributed by atoms with Crippen LogP contribution in [0.1, 0.15) is 17.2 Å². The third-order valence-electron chi connectivity index (χ3n) is 5.38. The number of hydrogen-bond acceptors (Lipinski definition) is 6. The van der Waals surface area contributed by atoms with Gasteiger partial charge in [-0.2, -0.15) is 5.10 Å². The molecule has 5 rings (SSSR count). The van der Waals surface area contributed by atoms with E-state index in [9.17, 15) is 5.11 Å². The molecule has 0 aliphatic heterocycles. The zero-order valence-corrected chi connectivity index (χ0v) is 16.6. The van der Waals surface area contributed by atoms with Crippen LogP contribution in [0.15, 0.2) is 48.9 Å². The molecule has 2 heterocycles. The summed E-state index contributed by atoms with van der Waals surface area (Å²) in [6.07, 6.45) is 4.91. The number of nitrogen functional groups attached to an aromatic ring is 1. The van der Waals surface area contributed by atoms with Gasteiger partial charge in [0.15, 0.2) is 17.1 Å². The number of nitrogens with zero attached hydrogens (tertiary/aromatic N) is 4. The van der Waals surface area contributed by atoms with E-state index in [2.05, 4.69) is 16.0 Å². The first-order valence-electron chi connectivity index (χ1n) is 9.07. The molecule has 0 spiro atoms. The minimum Gasteiger partial charge on any atom is -0.504 e. The van der Waals surface area contributed by atoms with Crippen LogP contribution in [0.5, 0.6) is 11.5 Å². The van der Waals surface area contributed by atoms with Gasteiger partial charge in [-0.3, -0.25) is 4.68 Å². The second-order valence-electron chi connectivity index (χ2n) is 6.99. The van der Waals surface area contributed by atoms with Crippen molar-refractivity contribution >= 4 is 29.1 Å². The molecule has 4 aromatic rings. The summed E-state index contributed by atoms with van der Waals surface area (Å²) < 4.78 is 7.18. The Morgan fingerprint density at radius 3 is 2.83 bits per heavy atom. The molecular formula is C21H20ClN5O2. The molecule has 2 aromatic heterocycles. The molecule has 3 N–H and O–H groups in total. The Kier molecular flexibility index (Phi) is 4.76. The van der Waals surface area contributed by atoms with E-state index < -0.39 is 0 Å². The Morgan fingerprint density at radius 1 is 1.21 bits per heavy atom. The summed E-state index contributed by atoms with van der Waals surface area (Å²) in [5, 5.41) is 15.9. The van der Waals surface area contributed by atoms with E-state index in [1.165, 1.54) is 24.6 Å². The lowest BCUT2D eigenvalue weighted by Gasteiger charge is -2.15. The Morgan fingerprint density at radius 2 is 2.07 bits per heavy atom. The zero-order valence-electron chi connectivity index (χ0n) is 15.7. The van der Waals surface area contributed by atoms with Crippen LogP contribution < -0.4 is 10.5 Å². The molecule has 1 atom stereocenters. The van der Waals surface area contributed by atoms with Crippen molar-refractivity contribution in [2.24, 2.45) is 0 Å². The number of nitrogens with two attached hydrogens (primary N) is 1. The van der Waals surface area contributed by atoms with Crippen LogP contribution >= 0.6 is 12.4 Å². The molecule has 7 nitrogen and oxygen atoms in total. The summed E-state index contributed by atoms with van der Waals surface area (Å²) in [6, 6.07) is 11.5. The van der Waals surface area contributed by atoms with Crippen LogP contribution in [-0.2, 0) is 12.8 Å². The molecule has 0 radical (unpaired) electrons. The van der Waals surface area contributed by atoms with Gasteiger partial charge in [-0.1, -0.05) is 12.1 Å². The Balaban J connectivity index is 0.00000205. The number of aromatic nitrogens is 4. The second-order valence-corrected chi connectivity index (χ2v) is 6.99. The smallest absolute Gasteiger partial charge is 0.184 e. The van der Waals surface area contributed by atoms with Gasteiger partial charge in [-0.25, -0.2) is 9.97 Å². The summed E-state index contributed by atoms with van der Waals surface area (Å²) >= 11 is 0. The van der Waals surface area contributed by atoms with Crippen LogP contribution in [0.25, 0.3) is 22.3 Å². The molecule has 1 aliphatic carbocycles. The molecule has 1 aliphatic rings. The molecule has 0 saturated carbocycles. The molecule has 0 bridgehead atoms. The van der Waals surface area contributed by atoms with Crippen molar-refractivity contribution in [1.82, 2.24) is 19.7 Å². The van der Waals surface area contributed by atoms with Gasteiger partial charge in [-0.15, -0.1) is 12.4 Å². The third-order valence-corrected chi connectivity index (χ3v) is 5.38. The number of aromatic hydroxyl groups is 1. The van der Waals surface area contributed by atoms with Gasteiger partial charge in [0.1, 0.15) is 6.33 Å². The number of phenols is 1.